The van der Waals surface area contributed by atoms with Crippen molar-refractivity contribution in [3.63, 3.8) is 0 Å². The van der Waals surface area contributed by atoms with Crippen LogP contribution in [0.1, 0.15) is 26.7 Å². The summed E-state index contributed by atoms with van der Waals surface area (Å²) in [5, 5.41) is 2.94. The lowest BCUT2D eigenvalue weighted by atomic mass is 9.89. The maximum atomic E-state index is 12.9. The highest BCUT2D eigenvalue weighted by molar-refractivity contribution is 7.98. The zero-order valence-electron chi connectivity index (χ0n) is 12.6. The number of nitrogens with one attached hydrogen (secondary N) is 1. The molecule has 2 unspecified atom stereocenters. The van der Waals surface area contributed by atoms with Crippen molar-refractivity contribution in [1.82, 2.24) is 5.32 Å². The standard InChI is InChI=1S/C16H20N2O2S/c1-10-14(19)17-16(2,11-4-5-11)15(20)18(10)12-6-8-13(21-3)9-7-12/h6-11H,4-5H2,1-3H3,(H,17,19). The van der Waals surface area contributed by atoms with Gasteiger partial charge in [0.25, 0.3) is 5.91 Å². The van der Waals surface area contributed by atoms with Crippen LogP contribution in [0, 0.1) is 5.92 Å². The molecule has 3 rings (SSSR count). The van der Waals surface area contributed by atoms with Crippen LogP contribution >= 0.6 is 11.8 Å². The summed E-state index contributed by atoms with van der Waals surface area (Å²) < 4.78 is 0. The third kappa shape index (κ3) is 2.33. The number of benzene rings is 1. The lowest BCUT2D eigenvalue weighted by Crippen LogP contribution is -2.69. The minimum absolute atomic E-state index is 0.00833. The van der Waals surface area contributed by atoms with Crippen molar-refractivity contribution in [1.29, 1.82) is 0 Å². The van der Waals surface area contributed by atoms with Crippen molar-refractivity contribution < 1.29 is 9.59 Å². The SMILES string of the molecule is CSc1ccc(N2C(=O)C(C)(C3CC3)NC(=O)C2C)cc1. The molecule has 5 heteroatoms. The van der Waals surface area contributed by atoms with Gasteiger partial charge in [0, 0.05) is 10.6 Å². The molecule has 1 saturated carbocycles. The van der Waals surface area contributed by atoms with E-state index in [1.807, 2.05) is 37.4 Å². The second-order valence-electron chi connectivity index (χ2n) is 6.02. The minimum Gasteiger partial charge on any atom is -0.340 e. The van der Waals surface area contributed by atoms with E-state index in [0.29, 0.717) is 0 Å². The first-order valence-electron chi connectivity index (χ1n) is 7.27. The second-order valence-corrected chi connectivity index (χ2v) is 6.89. The fraction of sp³-hybridized carbons (Fsp3) is 0.500. The Morgan fingerprint density at radius 3 is 2.38 bits per heavy atom. The molecule has 112 valence electrons. The largest absolute Gasteiger partial charge is 0.340 e. The highest BCUT2D eigenvalue weighted by atomic mass is 32.2. The third-order valence-corrected chi connectivity index (χ3v) is 5.30. The molecule has 1 aromatic rings. The smallest absolute Gasteiger partial charge is 0.253 e. The number of anilines is 1. The van der Waals surface area contributed by atoms with Crippen LogP contribution in [0.3, 0.4) is 0 Å². The zero-order valence-corrected chi connectivity index (χ0v) is 13.4. The Morgan fingerprint density at radius 2 is 1.86 bits per heavy atom. The molecule has 0 aromatic heterocycles. The van der Waals surface area contributed by atoms with Crippen molar-refractivity contribution in [3.05, 3.63) is 24.3 Å². The van der Waals surface area contributed by atoms with Crippen LogP contribution in [0.4, 0.5) is 5.69 Å². The average molecular weight is 304 g/mol. The van der Waals surface area contributed by atoms with Gasteiger partial charge in [-0.15, -0.1) is 11.8 Å². The van der Waals surface area contributed by atoms with Crippen LogP contribution in [-0.4, -0.2) is 29.7 Å². The van der Waals surface area contributed by atoms with Gasteiger partial charge in [0.05, 0.1) is 0 Å². The molecule has 2 aliphatic rings. The maximum Gasteiger partial charge on any atom is 0.253 e. The first kappa shape index (κ1) is 14.4. The van der Waals surface area contributed by atoms with E-state index in [1.165, 1.54) is 0 Å². The van der Waals surface area contributed by atoms with Gasteiger partial charge < -0.3 is 5.32 Å². The van der Waals surface area contributed by atoms with Gasteiger partial charge in [-0.1, -0.05) is 0 Å². The summed E-state index contributed by atoms with van der Waals surface area (Å²) in [6.45, 7) is 3.64. The number of hydrogen-bond donors (Lipinski definition) is 1. The van der Waals surface area contributed by atoms with Gasteiger partial charge in [0.2, 0.25) is 5.91 Å². The van der Waals surface area contributed by atoms with E-state index in [9.17, 15) is 9.59 Å². The Labute approximate surface area is 129 Å². The second kappa shape index (κ2) is 5.05. The summed E-state index contributed by atoms with van der Waals surface area (Å²) in [6.07, 6.45) is 4.04. The first-order valence-corrected chi connectivity index (χ1v) is 8.49. The predicted molar refractivity (Wildman–Crippen MR) is 84.4 cm³/mol. The summed E-state index contributed by atoms with van der Waals surface area (Å²) in [5.74, 6) is 0.210. The third-order valence-electron chi connectivity index (χ3n) is 4.56. The van der Waals surface area contributed by atoms with E-state index in [4.69, 9.17) is 0 Å². The number of rotatable bonds is 3. The van der Waals surface area contributed by atoms with Crippen LogP contribution in [0.25, 0.3) is 0 Å². The number of thioether (sulfide) groups is 1. The summed E-state index contributed by atoms with van der Waals surface area (Å²) in [7, 11) is 0. The Kier molecular flexibility index (Phi) is 3.48. The van der Waals surface area contributed by atoms with Crippen LogP contribution in [0.2, 0.25) is 0 Å². The number of carbonyl (C=O) groups is 2. The van der Waals surface area contributed by atoms with E-state index >= 15 is 0 Å². The summed E-state index contributed by atoms with van der Waals surface area (Å²) >= 11 is 1.66. The molecule has 1 heterocycles. The summed E-state index contributed by atoms with van der Waals surface area (Å²) in [4.78, 5) is 28.0. The molecule has 1 aliphatic carbocycles. The summed E-state index contributed by atoms with van der Waals surface area (Å²) in [5.41, 5.74) is 0.0499. The van der Waals surface area contributed by atoms with Crippen molar-refractivity contribution >= 4 is 29.3 Å². The molecule has 2 amide bonds. The quantitative estimate of drug-likeness (QED) is 0.873. The van der Waals surface area contributed by atoms with Gasteiger partial charge in [0.15, 0.2) is 0 Å². The molecule has 0 bridgehead atoms. The molecule has 2 atom stereocenters. The lowest BCUT2D eigenvalue weighted by molar-refractivity contribution is -0.138. The monoisotopic (exact) mass is 304 g/mol. The zero-order chi connectivity index (χ0) is 15.2. The lowest BCUT2D eigenvalue weighted by Gasteiger charge is -2.43. The molecule has 4 nitrogen and oxygen atoms in total. The fourth-order valence-corrected chi connectivity index (χ4v) is 3.39. The molecule has 1 aliphatic heterocycles. The van der Waals surface area contributed by atoms with E-state index in [2.05, 4.69) is 5.32 Å². The van der Waals surface area contributed by atoms with E-state index in [-0.39, 0.29) is 17.7 Å². The van der Waals surface area contributed by atoms with Crippen molar-refractivity contribution in [2.24, 2.45) is 5.92 Å². The predicted octanol–water partition coefficient (Wildman–Crippen LogP) is 2.43. The average Bonchev–Trinajstić information content (AvgIpc) is 3.31. The number of carbonyl (C=O) groups excluding carboxylic acids is 2. The van der Waals surface area contributed by atoms with Crippen LogP contribution in [0.15, 0.2) is 29.2 Å². The first-order chi connectivity index (χ1) is 9.97. The van der Waals surface area contributed by atoms with Gasteiger partial charge in [-0.2, -0.15) is 0 Å². The molecule has 0 radical (unpaired) electrons. The molecule has 1 saturated heterocycles. The molecule has 2 fully saturated rings. The molecule has 1 aromatic carbocycles. The van der Waals surface area contributed by atoms with Crippen LogP contribution in [-0.2, 0) is 9.59 Å². The molecular weight excluding hydrogens is 284 g/mol. The normalized spacial score (nSPS) is 29.5. The number of piperazine rings is 1. The van der Waals surface area contributed by atoms with E-state index < -0.39 is 11.6 Å². The van der Waals surface area contributed by atoms with Gasteiger partial charge in [-0.25, -0.2) is 0 Å². The van der Waals surface area contributed by atoms with Crippen molar-refractivity contribution in [2.45, 2.75) is 43.2 Å². The van der Waals surface area contributed by atoms with Crippen LogP contribution < -0.4 is 10.2 Å². The Hall–Kier alpha value is -1.49. The van der Waals surface area contributed by atoms with Gasteiger partial charge >= 0.3 is 0 Å². The Balaban J connectivity index is 1.97. The number of nitrogens with zero attached hydrogens (tertiary/aromatic N) is 1. The van der Waals surface area contributed by atoms with Crippen molar-refractivity contribution in [2.75, 3.05) is 11.2 Å². The highest BCUT2D eigenvalue weighted by Crippen LogP contribution is 2.43. The molecule has 21 heavy (non-hydrogen) atoms. The summed E-state index contributed by atoms with van der Waals surface area (Å²) in [6, 6.07) is 7.35. The topological polar surface area (TPSA) is 49.4 Å². The number of hydrogen-bond acceptors (Lipinski definition) is 3. The van der Waals surface area contributed by atoms with Crippen LogP contribution in [0.5, 0.6) is 0 Å². The Bertz CT molecular complexity index is 582. The van der Waals surface area contributed by atoms with E-state index in [0.717, 1.165) is 23.4 Å². The molecule has 0 spiro atoms. The Morgan fingerprint density at radius 1 is 1.24 bits per heavy atom. The van der Waals surface area contributed by atoms with Gasteiger partial charge in [0.1, 0.15) is 11.6 Å². The van der Waals surface area contributed by atoms with Crippen molar-refractivity contribution in [3.8, 4) is 0 Å². The van der Waals surface area contributed by atoms with Gasteiger partial charge in [-0.05, 0) is 63.1 Å². The maximum absolute atomic E-state index is 12.9. The highest BCUT2D eigenvalue weighted by Gasteiger charge is 2.54. The van der Waals surface area contributed by atoms with E-state index in [1.54, 1.807) is 23.6 Å². The van der Waals surface area contributed by atoms with Gasteiger partial charge in [-0.3, -0.25) is 14.5 Å². The fourth-order valence-electron chi connectivity index (χ4n) is 2.98. The number of amides is 2. The molecule has 1 N–H and O–H groups in total. The minimum atomic E-state index is -0.748. The molecular formula is C16H20N2O2S.